The molecule has 1 aliphatic heterocycles. The fraction of sp³-hybridized carbons (Fsp3) is 0.733. The number of ether oxygens (including phenoxy) is 2. The Labute approximate surface area is 139 Å². The van der Waals surface area contributed by atoms with Gasteiger partial charge in [0.1, 0.15) is 10.2 Å². The van der Waals surface area contributed by atoms with E-state index in [-0.39, 0.29) is 18.1 Å². The molecule has 0 aromatic carbocycles. The monoisotopic (exact) mass is 373 g/mol. The van der Waals surface area contributed by atoms with Gasteiger partial charge in [0, 0.05) is 25.1 Å². The highest BCUT2D eigenvalue weighted by Crippen LogP contribution is 2.24. The van der Waals surface area contributed by atoms with Crippen molar-refractivity contribution in [3.63, 3.8) is 0 Å². The lowest BCUT2D eigenvalue weighted by Crippen LogP contribution is -2.36. The molecular formula is C15H24BrN3O3. The number of halogens is 1. The molecular weight excluding hydrogens is 350 g/mol. The number of hydrogen-bond acceptors (Lipinski definition) is 4. The summed E-state index contributed by atoms with van der Waals surface area (Å²) in [4.78, 5) is 13.8. The van der Waals surface area contributed by atoms with Gasteiger partial charge >= 0.3 is 6.09 Å². The molecule has 2 atom stereocenters. The molecule has 1 aliphatic rings. The molecule has 1 aromatic heterocycles. The van der Waals surface area contributed by atoms with Crippen LogP contribution < -0.4 is 0 Å². The zero-order valence-electron chi connectivity index (χ0n) is 13.8. The Morgan fingerprint density at radius 1 is 1.45 bits per heavy atom. The van der Waals surface area contributed by atoms with Crippen LogP contribution in [0.5, 0.6) is 0 Å². The molecule has 0 N–H and O–H groups in total. The largest absolute Gasteiger partial charge is 0.444 e. The van der Waals surface area contributed by atoms with Crippen molar-refractivity contribution in [2.24, 2.45) is 13.0 Å². The lowest BCUT2D eigenvalue weighted by molar-refractivity contribution is 0.0137. The first-order valence-corrected chi connectivity index (χ1v) is 8.22. The standard InChI is InChI=1S/C15H24BrN3O3/c1-10-7-19(14(20)22-15(2,3)4)8-12(10)21-9-11-6-17-18(5)13(11)16/h6,10,12H,7-9H2,1-5H3/t10-,12+/m0/s1. The number of rotatable bonds is 3. The van der Waals surface area contributed by atoms with E-state index >= 15 is 0 Å². The molecule has 2 rings (SSSR count). The molecule has 0 bridgehead atoms. The fourth-order valence-corrected chi connectivity index (χ4v) is 2.70. The molecule has 2 heterocycles. The highest BCUT2D eigenvalue weighted by Gasteiger charge is 2.35. The van der Waals surface area contributed by atoms with Crippen LogP contribution in [0.1, 0.15) is 33.3 Å². The zero-order chi connectivity index (χ0) is 16.5. The summed E-state index contributed by atoms with van der Waals surface area (Å²) in [5.41, 5.74) is 0.533. The van der Waals surface area contributed by atoms with Gasteiger partial charge in [0.25, 0.3) is 0 Å². The van der Waals surface area contributed by atoms with Gasteiger partial charge in [-0.05, 0) is 36.7 Å². The van der Waals surface area contributed by atoms with E-state index in [0.717, 1.165) is 10.2 Å². The summed E-state index contributed by atoms with van der Waals surface area (Å²) in [7, 11) is 1.87. The molecule has 22 heavy (non-hydrogen) atoms. The quantitative estimate of drug-likeness (QED) is 0.816. The second-order valence-electron chi connectivity index (χ2n) is 6.80. The minimum Gasteiger partial charge on any atom is -0.444 e. The van der Waals surface area contributed by atoms with E-state index in [1.807, 2.05) is 27.8 Å². The van der Waals surface area contributed by atoms with Crippen LogP contribution in [0.3, 0.4) is 0 Å². The second kappa shape index (κ2) is 6.58. The summed E-state index contributed by atoms with van der Waals surface area (Å²) in [5, 5.41) is 4.17. The van der Waals surface area contributed by atoms with Gasteiger partial charge in [0.05, 0.1) is 25.5 Å². The minimum absolute atomic E-state index is 0.0135. The number of likely N-dealkylation sites (tertiary alicyclic amines) is 1. The number of nitrogens with zero attached hydrogens (tertiary/aromatic N) is 3. The van der Waals surface area contributed by atoms with Crippen molar-refractivity contribution in [2.75, 3.05) is 13.1 Å². The molecule has 0 aliphatic carbocycles. The zero-order valence-corrected chi connectivity index (χ0v) is 15.4. The Bertz CT molecular complexity index is 539. The molecule has 124 valence electrons. The van der Waals surface area contributed by atoms with Crippen LogP contribution in [0.25, 0.3) is 0 Å². The molecule has 7 heteroatoms. The van der Waals surface area contributed by atoms with E-state index < -0.39 is 5.60 Å². The van der Waals surface area contributed by atoms with Crippen molar-refractivity contribution >= 4 is 22.0 Å². The van der Waals surface area contributed by atoms with Crippen LogP contribution in [-0.4, -0.2) is 45.6 Å². The van der Waals surface area contributed by atoms with Gasteiger partial charge in [-0.1, -0.05) is 6.92 Å². The first-order chi connectivity index (χ1) is 10.2. The maximum Gasteiger partial charge on any atom is 0.410 e. The van der Waals surface area contributed by atoms with Crippen molar-refractivity contribution in [2.45, 2.75) is 46.0 Å². The van der Waals surface area contributed by atoms with Crippen molar-refractivity contribution in [3.05, 3.63) is 16.4 Å². The number of hydrogen-bond donors (Lipinski definition) is 0. The Morgan fingerprint density at radius 3 is 2.68 bits per heavy atom. The van der Waals surface area contributed by atoms with Gasteiger partial charge < -0.3 is 14.4 Å². The van der Waals surface area contributed by atoms with Gasteiger partial charge in [-0.3, -0.25) is 4.68 Å². The van der Waals surface area contributed by atoms with E-state index in [1.54, 1.807) is 15.8 Å². The van der Waals surface area contributed by atoms with Crippen LogP contribution in [0.4, 0.5) is 4.79 Å². The third-order valence-electron chi connectivity index (χ3n) is 3.58. The molecule has 0 spiro atoms. The third-order valence-corrected chi connectivity index (χ3v) is 4.61. The Balaban J connectivity index is 1.88. The average molecular weight is 374 g/mol. The summed E-state index contributed by atoms with van der Waals surface area (Å²) >= 11 is 3.48. The summed E-state index contributed by atoms with van der Waals surface area (Å²) < 4.78 is 14.1. The topological polar surface area (TPSA) is 56.6 Å². The van der Waals surface area contributed by atoms with Crippen molar-refractivity contribution in [3.8, 4) is 0 Å². The van der Waals surface area contributed by atoms with Crippen LogP contribution >= 0.6 is 15.9 Å². The maximum absolute atomic E-state index is 12.1. The molecule has 0 radical (unpaired) electrons. The van der Waals surface area contributed by atoms with Crippen LogP contribution in [-0.2, 0) is 23.1 Å². The molecule has 0 unspecified atom stereocenters. The lowest BCUT2D eigenvalue weighted by Gasteiger charge is -2.24. The molecule has 1 fully saturated rings. The van der Waals surface area contributed by atoms with Gasteiger partial charge in [0.15, 0.2) is 0 Å². The molecule has 1 saturated heterocycles. The second-order valence-corrected chi connectivity index (χ2v) is 7.55. The fourth-order valence-electron chi connectivity index (χ4n) is 2.39. The van der Waals surface area contributed by atoms with Crippen molar-refractivity contribution in [1.29, 1.82) is 0 Å². The highest BCUT2D eigenvalue weighted by atomic mass is 79.9. The van der Waals surface area contributed by atoms with Crippen LogP contribution in [0.2, 0.25) is 0 Å². The summed E-state index contributed by atoms with van der Waals surface area (Å²) in [6.45, 7) is 9.41. The number of carbonyl (C=O) groups excluding carboxylic acids is 1. The molecule has 0 saturated carbocycles. The average Bonchev–Trinajstić information content (AvgIpc) is 2.91. The first-order valence-electron chi connectivity index (χ1n) is 7.43. The summed E-state index contributed by atoms with van der Waals surface area (Å²) in [5.74, 6) is 0.281. The van der Waals surface area contributed by atoms with E-state index in [4.69, 9.17) is 9.47 Å². The minimum atomic E-state index is -0.472. The number of aryl methyl sites for hydroxylation is 1. The number of carbonyl (C=O) groups is 1. The third kappa shape index (κ3) is 4.23. The van der Waals surface area contributed by atoms with E-state index in [1.165, 1.54) is 0 Å². The number of amides is 1. The van der Waals surface area contributed by atoms with E-state index in [2.05, 4.69) is 28.0 Å². The predicted octanol–water partition coefficient (Wildman–Crippen LogP) is 2.95. The molecule has 6 nitrogen and oxygen atoms in total. The van der Waals surface area contributed by atoms with Gasteiger partial charge in [0.2, 0.25) is 0 Å². The van der Waals surface area contributed by atoms with Gasteiger partial charge in [-0.15, -0.1) is 0 Å². The Kier molecular flexibility index (Phi) is 5.17. The molecule has 1 aromatic rings. The smallest absolute Gasteiger partial charge is 0.410 e. The highest BCUT2D eigenvalue weighted by molar-refractivity contribution is 9.10. The Hall–Kier alpha value is -1.08. The van der Waals surface area contributed by atoms with Crippen LogP contribution in [0, 0.1) is 5.92 Å². The van der Waals surface area contributed by atoms with Gasteiger partial charge in [-0.2, -0.15) is 5.10 Å². The van der Waals surface area contributed by atoms with E-state index in [0.29, 0.717) is 19.7 Å². The SMILES string of the molecule is C[C@H]1CN(C(=O)OC(C)(C)C)C[C@H]1OCc1cnn(C)c1Br. The van der Waals surface area contributed by atoms with Crippen LogP contribution in [0.15, 0.2) is 10.8 Å². The van der Waals surface area contributed by atoms with Gasteiger partial charge in [-0.25, -0.2) is 4.79 Å². The van der Waals surface area contributed by atoms with Crippen molar-refractivity contribution in [1.82, 2.24) is 14.7 Å². The van der Waals surface area contributed by atoms with Crippen molar-refractivity contribution < 1.29 is 14.3 Å². The summed E-state index contributed by atoms with van der Waals surface area (Å²) in [6.07, 6.45) is 1.53. The maximum atomic E-state index is 12.1. The summed E-state index contributed by atoms with van der Waals surface area (Å²) in [6, 6.07) is 0. The normalized spacial score (nSPS) is 22.2. The Morgan fingerprint density at radius 2 is 2.14 bits per heavy atom. The number of aromatic nitrogens is 2. The predicted molar refractivity (Wildman–Crippen MR) is 86.5 cm³/mol. The van der Waals surface area contributed by atoms with E-state index in [9.17, 15) is 4.79 Å². The lowest BCUT2D eigenvalue weighted by atomic mass is 10.1. The molecule has 1 amide bonds. The first kappa shape index (κ1) is 17.3.